The smallest absolute Gasteiger partial charge is 0.246 e. The summed E-state index contributed by atoms with van der Waals surface area (Å²) in [6, 6.07) is 9.73. The fourth-order valence-corrected chi connectivity index (χ4v) is 2.10. The highest BCUT2D eigenvalue weighted by Gasteiger charge is 2.28. The van der Waals surface area contributed by atoms with Crippen LogP contribution in [0.5, 0.6) is 0 Å². The molecule has 4 nitrogen and oxygen atoms in total. The molecule has 0 aromatic heterocycles. The van der Waals surface area contributed by atoms with Gasteiger partial charge in [-0.25, -0.2) is 0 Å². The SMILES string of the molecule is C=CC(=O)N(C)CC(=O)NC(c1ccccc1)C(C)(C)C. The molecule has 0 fully saturated rings. The van der Waals surface area contributed by atoms with Crippen molar-refractivity contribution in [2.75, 3.05) is 13.6 Å². The third-order valence-electron chi connectivity index (χ3n) is 3.24. The van der Waals surface area contributed by atoms with E-state index in [-0.39, 0.29) is 29.8 Å². The number of hydrogen-bond donors (Lipinski definition) is 1. The molecule has 4 heteroatoms. The van der Waals surface area contributed by atoms with Crippen molar-refractivity contribution in [2.24, 2.45) is 5.41 Å². The number of hydrogen-bond acceptors (Lipinski definition) is 2. The number of likely N-dealkylation sites (N-methyl/N-ethyl adjacent to an activating group) is 1. The van der Waals surface area contributed by atoms with E-state index in [2.05, 4.69) is 32.7 Å². The number of rotatable bonds is 5. The second kappa shape index (κ2) is 7.07. The molecule has 1 aromatic rings. The minimum Gasteiger partial charge on any atom is -0.347 e. The molecule has 114 valence electrons. The molecule has 0 aliphatic heterocycles. The maximum absolute atomic E-state index is 12.2. The molecule has 0 spiro atoms. The lowest BCUT2D eigenvalue weighted by Crippen LogP contribution is -2.42. The van der Waals surface area contributed by atoms with Crippen molar-refractivity contribution in [1.82, 2.24) is 10.2 Å². The predicted octanol–water partition coefficient (Wildman–Crippen LogP) is 2.53. The lowest BCUT2D eigenvalue weighted by molar-refractivity contribution is -0.131. The Kier molecular flexibility index (Phi) is 5.70. The molecule has 0 radical (unpaired) electrons. The molecule has 0 saturated carbocycles. The third-order valence-corrected chi connectivity index (χ3v) is 3.24. The monoisotopic (exact) mass is 288 g/mol. The van der Waals surface area contributed by atoms with Crippen molar-refractivity contribution >= 4 is 11.8 Å². The van der Waals surface area contributed by atoms with E-state index in [9.17, 15) is 9.59 Å². The van der Waals surface area contributed by atoms with Crippen LogP contribution in [-0.2, 0) is 9.59 Å². The molecule has 2 amide bonds. The average molecular weight is 288 g/mol. The zero-order valence-corrected chi connectivity index (χ0v) is 13.2. The number of nitrogens with zero attached hydrogens (tertiary/aromatic N) is 1. The summed E-state index contributed by atoms with van der Waals surface area (Å²) < 4.78 is 0. The third kappa shape index (κ3) is 5.06. The molecule has 0 aliphatic carbocycles. The van der Waals surface area contributed by atoms with Crippen LogP contribution in [-0.4, -0.2) is 30.3 Å². The zero-order valence-electron chi connectivity index (χ0n) is 13.2. The molecular formula is C17H24N2O2. The second-order valence-electron chi connectivity index (χ2n) is 6.18. The standard InChI is InChI=1S/C17H24N2O2/c1-6-15(21)19(5)12-14(20)18-16(17(2,3)4)13-10-8-7-9-11-13/h6-11,16H,1,12H2,2-5H3,(H,18,20). The number of nitrogens with one attached hydrogen (secondary N) is 1. The topological polar surface area (TPSA) is 49.4 Å². The van der Waals surface area contributed by atoms with E-state index in [4.69, 9.17) is 0 Å². The van der Waals surface area contributed by atoms with Crippen molar-refractivity contribution in [3.05, 3.63) is 48.6 Å². The molecule has 0 saturated heterocycles. The highest BCUT2D eigenvalue weighted by molar-refractivity contribution is 5.90. The van der Waals surface area contributed by atoms with Gasteiger partial charge in [-0.1, -0.05) is 57.7 Å². The lowest BCUT2D eigenvalue weighted by Gasteiger charge is -2.32. The van der Waals surface area contributed by atoms with E-state index in [1.165, 1.54) is 11.0 Å². The summed E-state index contributed by atoms with van der Waals surface area (Å²) >= 11 is 0. The van der Waals surface area contributed by atoms with E-state index in [1.807, 2.05) is 30.3 Å². The summed E-state index contributed by atoms with van der Waals surface area (Å²) in [7, 11) is 1.58. The van der Waals surface area contributed by atoms with Gasteiger partial charge in [0.05, 0.1) is 12.6 Å². The quantitative estimate of drug-likeness (QED) is 0.846. The Morgan fingerprint density at radius 1 is 1.29 bits per heavy atom. The fraction of sp³-hybridized carbons (Fsp3) is 0.412. The molecule has 0 bridgehead atoms. The molecule has 1 aromatic carbocycles. The summed E-state index contributed by atoms with van der Waals surface area (Å²) in [6.45, 7) is 9.65. The van der Waals surface area contributed by atoms with E-state index in [1.54, 1.807) is 7.05 Å². The van der Waals surface area contributed by atoms with Gasteiger partial charge in [-0.15, -0.1) is 0 Å². The minimum atomic E-state index is -0.267. The van der Waals surface area contributed by atoms with Crippen LogP contribution in [0.15, 0.2) is 43.0 Å². The molecule has 0 heterocycles. The van der Waals surface area contributed by atoms with Crippen molar-refractivity contribution in [2.45, 2.75) is 26.8 Å². The number of benzene rings is 1. The molecule has 1 N–H and O–H groups in total. The maximum atomic E-state index is 12.2. The van der Waals surface area contributed by atoms with Crippen LogP contribution in [0, 0.1) is 5.41 Å². The predicted molar refractivity (Wildman–Crippen MR) is 84.6 cm³/mol. The first-order valence-electron chi connectivity index (χ1n) is 6.97. The summed E-state index contributed by atoms with van der Waals surface area (Å²) in [5, 5.41) is 3.02. The number of carbonyl (C=O) groups excluding carboxylic acids is 2. The van der Waals surface area contributed by atoms with Gasteiger partial charge in [-0.3, -0.25) is 9.59 Å². The van der Waals surface area contributed by atoms with Gasteiger partial charge in [-0.05, 0) is 17.1 Å². The van der Waals surface area contributed by atoms with E-state index >= 15 is 0 Å². The Hall–Kier alpha value is -2.10. The van der Waals surface area contributed by atoms with Gasteiger partial charge in [0.25, 0.3) is 0 Å². The van der Waals surface area contributed by atoms with E-state index in [0.717, 1.165) is 5.56 Å². The summed E-state index contributed by atoms with van der Waals surface area (Å²) in [4.78, 5) is 24.9. The van der Waals surface area contributed by atoms with Crippen LogP contribution >= 0.6 is 0 Å². The van der Waals surface area contributed by atoms with Crippen LogP contribution in [0.25, 0.3) is 0 Å². The molecule has 1 atom stereocenters. The maximum Gasteiger partial charge on any atom is 0.246 e. The van der Waals surface area contributed by atoms with Crippen molar-refractivity contribution < 1.29 is 9.59 Å². The summed E-state index contributed by atoms with van der Waals surface area (Å²) in [5.74, 6) is -0.450. The minimum absolute atomic E-state index is 0.0181. The van der Waals surface area contributed by atoms with Gasteiger partial charge >= 0.3 is 0 Å². The van der Waals surface area contributed by atoms with E-state index < -0.39 is 0 Å². The lowest BCUT2D eigenvalue weighted by atomic mass is 9.82. The fourth-order valence-electron chi connectivity index (χ4n) is 2.10. The summed E-state index contributed by atoms with van der Waals surface area (Å²) in [5.41, 5.74) is 0.925. The van der Waals surface area contributed by atoms with Crippen LogP contribution in [0.4, 0.5) is 0 Å². The molecular weight excluding hydrogens is 264 g/mol. The number of amides is 2. The van der Waals surface area contributed by atoms with Crippen LogP contribution in [0.3, 0.4) is 0 Å². The van der Waals surface area contributed by atoms with Gasteiger partial charge in [0, 0.05) is 7.05 Å². The van der Waals surface area contributed by atoms with Gasteiger partial charge in [-0.2, -0.15) is 0 Å². The first-order valence-corrected chi connectivity index (χ1v) is 6.97. The molecule has 1 rings (SSSR count). The Morgan fingerprint density at radius 3 is 2.33 bits per heavy atom. The van der Waals surface area contributed by atoms with Crippen LogP contribution in [0.2, 0.25) is 0 Å². The van der Waals surface area contributed by atoms with E-state index in [0.29, 0.717) is 0 Å². The van der Waals surface area contributed by atoms with Gasteiger partial charge < -0.3 is 10.2 Å². The highest BCUT2D eigenvalue weighted by atomic mass is 16.2. The molecule has 21 heavy (non-hydrogen) atoms. The van der Waals surface area contributed by atoms with Crippen LogP contribution < -0.4 is 5.32 Å². The zero-order chi connectivity index (χ0) is 16.0. The summed E-state index contributed by atoms with van der Waals surface area (Å²) in [6.07, 6.45) is 1.20. The van der Waals surface area contributed by atoms with Crippen LogP contribution in [0.1, 0.15) is 32.4 Å². The Bertz CT molecular complexity index is 503. The van der Waals surface area contributed by atoms with Crippen molar-refractivity contribution in [3.8, 4) is 0 Å². The second-order valence-corrected chi connectivity index (χ2v) is 6.18. The Morgan fingerprint density at radius 2 is 1.86 bits per heavy atom. The Labute approximate surface area is 126 Å². The largest absolute Gasteiger partial charge is 0.347 e. The van der Waals surface area contributed by atoms with Gasteiger partial charge in [0.15, 0.2) is 0 Å². The molecule has 1 unspecified atom stereocenters. The normalized spacial score (nSPS) is 12.4. The van der Waals surface area contributed by atoms with Gasteiger partial charge in [0.2, 0.25) is 11.8 Å². The molecule has 0 aliphatic rings. The Balaban J connectivity index is 2.82. The average Bonchev–Trinajstić information content (AvgIpc) is 2.43. The van der Waals surface area contributed by atoms with Crippen molar-refractivity contribution in [3.63, 3.8) is 0 Å². The first kappa shape index (κ1) is 17.0. The number of carbonyl (C=O) groups is 2. The first-order chi connectivity index (χ1) is 9.75. The van der Waals surface area contributed by atoms with Crippen molar-refractivity contribution in [1.29, 1.82) is 0 Å². The van der Waals surface area contributed by atoms with Gasteiger partial charge in [0.1, 0.15) is 0 Å². The highest BCUT2D eigenvalue weighted by Crippen LogP contribution is 2.32.